The molecule has 0 aromatic heterocycles. The number of hydrogen-bond donors (Lipinski definition) is 1. The van der Waals surface area contributed by atoms with E-state index < -0.39 is 34.3 Å². The predicted octanol–water partition coefficient (Wildman–Crippen LogP) is 3.97. The Bertz CT molecular complexity index is 1320. The van der Waals surface area contributed by atoms with Crippen LogP contribution in [-0.2, 0) is 26.2 Å². The zero-order valence-electron chi connectivity index (χ0n) is 21.6. The van der Waals surface area contributed by atoms with Gasteiger partial charge in [-0.25, -0.2) is 12.8 Å². The Balaban J connectivity index is 2.04. The summed E-state index contributed by atoms with van der Waals surface area (Å²) in [4.78, 5) is 27.7. The van der Waals surface area contributed by atoms with Crippen molar-refractivity contribution in [3.05, 3.63) is 90.2 Å². The van der Waals surface area contributed by atoms with Gasteiger partial charge in [0, 0.05) is 13.6 Å². The molecule has 0 radical (unpaired) electrons. The minimum absolute atomic E-state index is 0.110. The van der Waals surface area contributed by atoms with Crippen LogP contribution >= 0.6 is 0 Å². The predicted molar refractivity (Wildman–Crippen MR) is 144 cm³/mol. The molecule has 0 bridgehead atoms. The molecule has 3 aromatic carbocycles. The van der Waals surface area contributed by atoms with Crippen LogP contribution in [0.3, 0.4) is 0 Å². The topological polar surface area (TPSA) is 96.0 Å². The van der Waals surface area contributed by atoms with Crippen molar-refractivity contribution in [3.63, 3.8) is 0 Å². The molecule has 3 rings (SSSR count). The maximum atomic E-state index is 13.8. The maximum Gasteiger partial charge on any atom is 0.264 e. The molecule has 10 heteroatoms. The molecule has 38 heavy (non-hydrogen) atoms. The van der Waals surface area contributed by atoms with Crippen LogP contribution in [0.2, 0.25) is 0 Å². The Morgan fingerprint density at radius 2 is 1.58 bits per heavy atom. The van der Waals surface area contributed by atoms with Crippen molar-refractivity contribution in [2.75, 3.05) is 24.5 Å². The molecule has 0 fully saturated rings. The van der Waals surface area contributed by atoms with E-state index in [0.717, 1.165) is 34.1 Å². The van der Waals surface area contributed by atoms with E-state index in [1.165, 1.54) is 24.1 Å². The summed E-state index contributed by atoms with van der Waals surface area (Å²) < 4.78 is 47.4. The molecule has 0 aliphatic carbocycles. The van der Waals surface area contributed by atoms with Gasteiger partial charge in [-0.2, -0.15) is 0 Å². The lowest BCUT2D eigenvalue weighted by atomic mass is 10.1. The van der Waals surface area contributed by atoms with E-state index in [-0.39, 0.29) is 23.0 Å². The van der Waals surface area contributed by atoms with Gasteiger partial charge in [-0.3, -0.25) is 13.9 Å². The minimum Gasteiger partial charge on any atom is -0.494 e. The summed E-state index contributed by atoms with van der Waals surface area (Å²) >= 11 is 0. The highest BCUT2D eigenvalue weighted by Crippen LogP contribution is 2.27. The third-order valence-electron chi connectivity index (χ3n) is 5.94. The molecule has 1 unspecified atom stereocenters. The maximum absolute atomic E-state index is 13.8. The zero-order valence-corrected chi connectivity index (χ0v) is 22.4. The second-order valence-corrected chi connectivity index (χ2v) is 10.3. The van der Waals surface area contributed by atoms with Crippen molar-refractivity contribution in [1.29, 1.82) is 0 Å². The van der Waals surface area contributed by atoms with Crippen LogP contribution in [0, 0.1) is 5.82 Å². The quantitative estimate of drug-likeness (QED) is 0.374. The number of anilines is 1. The van der Waals surface area contributed by atoms with Crippen molar-refractivity contribution in [3.8, 4) is 5.75 Å². The molecule has 0 heterocycles. The average Bonchev–Trinajstić information content (AvgIpc) is 2.92. The fourth-order valence-electron chi connectivity index (χ4n) is 4.00. The Morgan fingerprint density at radius 3 is 2.13 bits per heavy atom. The van der Waals surface area contributed by atoms with Crippen molar-refractivity contribution >= 4 is 27.5 Å². The largest absolute Gasteiger partial charge is 0.494 e. The van der Waals surface area contributed by atoms with Crippen LogP contribution < -0.4 is 14.4 Å². The molecule has 0 aliphatic heterocycles. The smallest absolute Gasteiger partial charge is 0.264 e. The third kappa shape index (κ3) is 6.89. The summed E-state index contributed by atoms with van der Waals surface area (Å²) in [5, 5.41) is 2.59. The molecule has 0 aliphatic rings. The molecule has 0 spiro atoms. The number of benzene rings is 3. The van der Waals surface area contributed by atoms with E-state index in [1.807, 2.05) is 37.3 Å². The van der Waals surface area contributed by atoms with Gasteiger partial charge in [0.2, 0.25) is 11.8 Å². The number of nitrogens with zero attached hydrogens (tertiary/aromatic N) is 2. The lowest BCUT2D eigenvalue weighted by Gasteiger charge is -2.33. The molecule has 0 saturated carbocycles. The van der Waals surface area contributed by atoms with Gasteiger partial charge < -0.3 is 15.0 Å². The number of hydrogen-bond acceptors (Lipinski definition) is 5. The third-order valence-corrected chi connectivity index (χ3v) is 7.73. The number of likely N-dealkylation sites (N-methyl/N-ethyl adjacent to an activating group) is 1. The van der Waals surface area contributed by atoms with E-state index >= 15 is 0 Å². The fraction of sp³-hybridized carbons (Fsp3) is 0.286. The van der Waals surface area contributed by atoms with Crippen LogP contribution in [0.1, 0.15) is 25.8 Å². The van der Waals surface area contributed by atoms with Gasteiger partial charge in [0.25, 0.3) is 10.0 Å². The fourth-order valence-corrected chi connectivity index (χ4v) is 5.42. The first-order chi connectivity index (χ1) is 18.2. The molecule has 202 valence electrons. The summed E-state index contributed by atoms with van der Waals surface area (Å²) in [5.41, 5.74) is 1.01. The molecule has 8 nitrogen and oxygen atoms in total. The highest BCUT2D eigenvalue weighted by Gasteiger charge is 2.33. The highest BCUT2D eigenvalue weighted by atomic mass is 32.2. The van der Waals surface area contributed by atoms with Gasteiger partial charge in [-0.1, -0.05) is 37.3 Å². The van der Waals surface area contributed by atoms with Crippen LogP contribution in [0.4, 0.5) is 10.1 Å². The van der Waals surface area contributed by atoms with E-state index in [4.69, 9.17) is 4.74 Å². The van der Waals surface area contributed by atoms with Gasteiger partial charge >= 0.3 is 0 Å². The Morgan fingerprint density at radius 1 is 0.947 bits per heavy atom. The highest BCUT2D eigenvalue weighted by molar-refractivity contribution is 7.92. The first-order valence-corrected chi connectivity index (χ1v) is 13.7. The molecule has 3 aromatic rings. The van der Waals surface area contributed by atoms with Crippen LogP contribution in [0.15, 0.2) is 83.8 Å². The zero-order chi connectivity index (χ0) is 27.7. The standard InChI is InChI=1S/C28H32FN3O5S/c1-4-26(28(34)30-3)31(19-21-9-7-6-8-10-21)27(33)20-32(23-13-15-24(16-14-23)37-5-2)38(35,36)25-17-11-22(29)12-18-25/h6-18,26H,4-5,19-20H2,1-3H3,(H,30,34). The number of carbonyl (C=O) groups is 2. The second-order valence-electron chi connectivity index (χ2n) is 8.44. The van der Waals surface area contributed by atoms with Gasteiger partial charge in [-0.05, 0) is 67.4 Å². The summed E-state index contributed by atoms with van der Waals surface area (Å²) in [5.74, 6) is -0.967. The Hall–Kier alpha value is -3.92. The van der Waals surface area contributed by atoms with Crippen molar-refractivity contribution < 1.29 is 27.1 Å². The lowest BCUT2D eigenvalue weighted by Crippen LogP contribution is -2.51. The van der Waals surface area contributed by atoms with Crippen molar-refractivity contribution in [2.45, 2.75) is 37.8 Å². The Kier molecular flexibility index (Phi) is 9.84. The normalized spacial score (nSPS) is 11.9. The van der Waals surface area contributed by atoms with E-state index in [1.54, 1.807) is 19.1 Å². The van der Waals surface area contributed by atoms with Gasteiger partial charge in [0.05, 0.1) is 17.2 Å². The average molecular weight is 542 g/mol. The monoisotopic (exact) mass is 541 g/mol. The molecule has 1 atom stereocenters. The van der Waals surface area contributed by atoms with Crippen LogP contribution in [0.5, 0.6) is 5.75 Å². The van der Waals surface area contributed by atoms with Crippen molar-refractivity contribution in [1.82, 2.24) is 10.2 Å². The van der Waals surface area contributed by atoms with Gasteiger partial charge in [-0.15, -0.1) is 0 Å². The first-order valence-electron chi connectivity index (χ1n) is 12.3. The number of ether oxygens (including phenoxy) is 1. The summed E-state index contributed by atoms with van der Waals surface area (Å²) in [6.07, 6.45) is 0.325. The number of halogens is 1. The Labute approximate surface area is 223 Å². The van der Waals surface area contributed by atoms with Gasteiger partial charge in [0.15, 0.2) is 0 Å². The molecule has 0 saturated heterocycles. The summed E-state index contributed by atoms with van der Waals surface area (Å²) in [6.45, 7) is 3.58. The van der Waals surface area contributed by atoms with E-state index in [0.29, 0.717) is 18.8 Å². The second kappa shape index (κ2) is 13.0. The molecule has 1 N–H and O–H groups in total. The lowest BCUT2D eigenvalue weighted by molar-refractivity contribution is -0.140. The minimum atomic E-state index is -4.28. The van der Waals surface area contributed by atoms with Crippen molar-refractivity contribution in [2.24, 2.45) is 0 Å². The number of rotatable bonds is 12. The molecular weight excluding hydrogens is 509 g/mol. The number of amides is 2. The van der Waals surface area contributed by atoms with Crippen LogP contribution in [-0.4, -0.2) is 51.4 Å². The number of nitrogens with one attached hydrogen (secondary N) is 1. The first kappa shape index (κ1) is 28.6. The summed E-state index contributed by atoms with van der Waals surface area (Å²) in [7, 11) is -2.79. The SMILES string of the molecule is CCOc1ccc(N(CC(=O)N(Cc2ccccc2)C(CC)C(=O)NC)S(=O)(=O)c2ccc(F)cc2)cc1. The molecular formula is C28H32FN3O5S. The van der Waals surface area contributed by atoms with E-state index in [2.05, 4.69) is 5.32 Å². The van der Waals surface area contributed by atoms with Crippen LogP contribution in [0.25, 0.3) is 0 Å². The van der Waals surface area contributed by atoms with E-state index in [9.17, 15) is 22.4 Å². The number of carbonyl (C=O) groups excluding carboxylic acids is 2. The number of sulfonamides is 1. The summed E-state index contributed by atoms with van der Waals surface area (Å²) in [6, 6.07) is 19.0. The van der Waals surface area contributed by atoms with Gasteiger partial charge in [0.1, 0.15) is 24.2 Å². The molecule has 2 amide bonds.